The molecule has 0 saturated carbocycles. The van der Waals surface area contributed by atoms with Crippen molar-refractivity contribution >= 4 is 15.9 Å². The number of nitrogens with two attached hydrogens (primary N) is 1. The lowest BCUT2D eigenvalue weighted by atomic mass is 9.79. The Balaban J connectivity index is 2.29. The van der Waals surface area contributed by atoms with Gasteiger partial charge in [0.25, 0.3) is 0 Å². The largest absolute Gasteiger partial charge is 0.381 e. The number of amides is 1. The normalized spacial score (nSPS) is 19.1. The highest BCUT2D eigenvalue weighted by Crippen LogP contribution is 2.29. The molecule has 19 heavy (non-hydrogen) atoms. The molecular formula is C11H23N3O4S. The van der Waals surface area contributed by atoms with E-state index in [1.807, 2.05) is 0 Å². The number of hydrogen-bond donors (Lipinski definition) is 3. The topological polar surface area (TPSA) is 111 Å². The van der Waals surface area contributed by atoms with Crippen molar-refractivity contribution in [3.8, 4) is 0 Å². The fraction of sp³-hybridized carbons (Fsp3) is 0.909. The average molecular weight is 293 g/mol. The third-order valence-corrected chi connectivity index (χ3v) is 4.05. The molecular weight excluding hydrogens is 270 g/mol. The number of ether oxygens (including phenoxy) is 1. The van der Waals surface area contributed by atoms with Crippen LogP contribution in [0.4, 0.5) is 0 Å². The molecule has 0 atom stereocenters. The summed E-state index contributed by atoms with van der Waals surface area (Å²) in [4.78, 5) is 12.1. The van der Waals surface area contributed by atoms with Crippen molar-refractivity contribution in [2.45, 2.75) is 19.3 Å². The number of rotatable bonds is 7. The van der Waals surface area contributed by atoms with Crippen molar-refractivity contribution in [3.63, 3.8) is 0 Å². The highest BCUT2D eigenvalue weighted by molar-refractivity contribution is 7.88. The van der Waals surface area contributed by atoms with Crippen LogP contribution in [0.5, 0.6) is 0 Å². The van der Waals surface area contributed by atoms with Gasteiger partial charge in [0.2, 0.25) is 15.9 Å². The van der Waals surface area contributed by atoms with Crippen LogP contribution in [0.2, 0.25) is 0 Å². The van der Waals surface area contributed by atoms with Gasteiger partial charge in [0.05, 0.1) is 11.7 Å². The molecule has 0 aromatic rings. The standard InChI is InChI=1S/C11H23N3O4S/c1-19(16,17)14-6-2-5-13-10(15)11(9-12)3-7-18-8-4-11/h14H,2-9,12H2,1H3,(H,13,15). The number of carbonyl (C=O) groups excluding carboxylic acids is 1. The Bertz CT molecular complexity index is 391. The van der Waals surface area contributed by atoms with Crippen molar-refractivity contribution in [3.05, 3.63) is 0 Å². The fourth-order valence-electron chi connectivity index (χ4n) is 2.02. The molecule has 0 unspecified atom stereocenters. The first-order chi connectivity index (χ1) is 8.90. The van der Waals surface area contributed by atoms with Crippen LogP contribution < -0.4 is 15.8 Å². The predicted molar refractivity (Wildman–Crippen MR) is 72.0 cm³/mol. The first-order valence-electron chi connectivity index (χ1n) is 6.40. The zero-order valence-electron chi connectivity index (χ0n) is 11.3. The van der Waals surface area contributed by atoms with Gasteiger partial charge < -0.3 is 15.8 Å². The lowest BCUT2D eigenvalue weighted by Gasteiger charge is -2.34. The minimum atomic E-state index is -3.16. The molecule has 0 spiro atoms. The lowest BCUT2D eigenvalue weighted by molar-refractivity contribution is -0.135. The van der Waals surface area contributed by atoms with Gasteiger partial charge in [0, 0.05) is 32.8 Å². The SMILES string of the molecule is CS(=O)(=O)NCCCNC(=O)C1(CN)CCOCC1. The molecule has 4 N–H and O–H groups in total. The number of nitrogens with one attached hydrogen (secondary N) is 2. The Kier molecular flexibility index (Phi) is 6.18. The molecule has 0 aromatic carbocycles. The maximum atomic E-state index is 12.1. The Hall–Kier alpha value is -0.700. The second kappa shape index (κ2) is 7.18. The summed E-state index contributed by atoms with van der Waals surface area (Å²) in [6.45, 7) is 2.17. The third-order valence-electron chi connectivity index (χ3n) is 3.33. The van der Waals surface area contributed by atoms with Gasteiger partial charge in [-0.15, -0.1) is 0 Å². The minimum absolute atomic E-state index is 0.0577. The molecule has 0 bridgehead atoms. The smallest absolute Gasteiger partial charge is 0.227 e. The van der Waals surface area contributed by atoms with E-state index in [9.17, 15) is 13.2 Å². The van der Waals surface area contributed by atoms with Crippen LogP contribution in [0.3, 0.4) is 0 Å². The maximum Gasteiger partial charge on any atom is 0.227 e. The highest BCUT2D eigenvalue weighted by Gasteiger charge is 2.38. The molecule has 7 nitrogen and oxygen atoms in total. The molecule has 1 aliphatic heterocycles. The van der Waals surface area contributed by atoms with Crippen molar-refractivity contribution in [2.24, 2.45) is 11.1 Å². The summed E-state index contributed by atoms with van der Waals surface area (Å²) in [5.74, 6) is -0.0577. The van der Waals surface area contributed by atoms with Gasteiger partial charge in [0.1, 0.15) is 0 Å². The molecule has 1 saturated heterocycles. The first kappa shape index (κ1) is 16.4. The van der Waals surface area contributed by atoms with Gasteiger partial charge in [-0.05, 0) is 19.3 Å². The summed E-state index contributed by atoms with van der Waals surface area (Å²) >= 11 is 0. The molecule has 0 aliphatic carbocycles. The Morgan fingerprint density at radius 1 is 1.32 bits per heavy atom. The second-order valence-corrected chi connectivity index (χ2v) is 6.71. The van der Waals surface area contributed by atoms with E-state index in [0.29, 0.717) is 52.1 Å². The Labute approximate surface area is 114 Å². The summed E-state index contributed by atoms with van der Waals surface area (Å²) in [6, 6.07) is 0. The van der Waals surface area contributed by atoms with Gasteiger partial charge in [-0.2, -0.15) is 0 Å². The van der Waals surface area contributed by atoms with Gasteiger partial charge in [-0.1, -0.05) is 0 Å². The van der Waals surface area contributed by atoms with E-state index in [4.69, 9.17) is 10.5 Å². The van der Waals surface area contributed by atoms with Crippen molar-refractivity contribution < 1.29 is 17.9 Å². The minimum Gasteiger partial charge on any atom is -0.381 e. The van der Waals surface area contributed by atoms with E-state index in [1.165, 1.54) is 0 Å². The molecule has 1 aliphatic rings. The van der Waals surface area contributed by atoms with Gasteiger partial charge in [-0.3, -0.25) is 4.79 Å². The number of carbonyl (C=O) groups is 1. The molecule has 1 rings (SSSR count). The molecule has 0 radical (unpaired) electrons. The Morgan fingerprint density at radius 3 is 2.47 bits per heavy atom. The summed E-state index contributed by atoms with van der Waals surface area (Å²) in [6.07, 6.45) is 2.93. The van der Waals surface area contributed by atoms with Crippen molar-refractivity contribution in [1.82, 2.24) is 10.0 Å². The van der Waals surface area contributed by atoms with E-state index in [-0.39, 0.29) is 5.91 Å². The fourth-order valence-corrected chi connectivity index (χ4v) is 2.54. The average Bonchev–Trinajstić information content (AvgIpc) is 2.37. The van der Waals surface area contributed by atoms with E-state index in [0.717, 1.165) is 6.26 Å². The van der Waals surface area contributed by atoms with Crippen LogP contribution in [0.15, 0.2) is 0 Å². The monoisotopic (exact) mass is 293 g/mol. The first-order valence-corrected chi connectivity index (χ1v) is 8.29. The summed E-state index contributed by atoms with van der Waals surface area (Å²) in [7, 11) is -3.16. The molecule has 112 valence electrons. The van der Waals surface area contributed by atoms with Crippen LogP contribution in [0, 0.1) is 5.41 Å². The van der Waals surface area contributed by atoms with Crippen LogP contribution >= 0.6 is 0 Å². The van der Waals surface area contributed by atoms with Crippen LogP contribution in [0.1, 0.15) is 19.3 Å². The van der Waals surface area contributed by atoms with Crippen LogP contribution in [0.25, 0.3) is 0 Å². The van der Waals surface area contributed by atoms with Gasteiger partial charge in [-0.25, -0.2) is 13.1 Å². The second-order valence-electron chi connectivity index (χ2n) is 4.87. The molecule has 0 aromatic heterocycles. The quantitative estimate of drug-likeness (QED) is 0.511. The molecule has 1 amide bonds. The number of hydrogen-bond acceptors (Lipinski definition) is 5. The number of sulfonamides is 1. The van der Waals surface area contributed by atoms with E-state index in [1.54, 1.807) is 0 Å². The van der Waals surface area contributed by atoms with Crippen molar-refractivity contribution in [2.75, 3.05) is 39.1 Å². The van der Waals surface area contributed by atoms with Crippen LogP contribution in [-0.4, -0.2) is 53.4 Å². The van der Waals surface area contributed by atoms with Gasteiger partial charge in [0.15, 0.2) is 0 Å². The predicted octanol–water partition coefficient (Wildman–Crippen LogP) is -1.20. The zero-order chi connectivity index (χ0) is 14.4. The van der Waals surface area contributed by atoms with Crippen molar-refractivity contribution in [1.29, 1.82) is 0 Å². The summed E-state index contributed by atoms with van der Waals surface area (Å²) in [5, 5.41) is 2.82. The third kappa shape index (κ3) is 5.43. The van der Waals surface area contributed by atoms with Crippen LogP contribution in [-0.2, 0) is 19.6 Å². The highest BCUT2D eigenvalue weighted by atomic mass is 32.2. The molecule has 8 heteroatoms. The van der Waals surface area contributed by atoms with Gasteiger partial charge >= 0.3 is 0 Å². The molecule has 1 heterocycles. The molecule has 1 fully saturated rings. The maximum absolute atomic E-state index is 12.1. The van der Waals surface area contributed by atoms with E-state index in [2.05, 4.69) is 10.0 Å². The van der Waals surface area contributed by atoms with E-state index < -0.39 is 15.4 Å². The van der Waals surface area contributed by atoms with E-state index >= 15 is 0 Å². The summed E-state index contributed by atoms with van der Waals surface area (Å²) < 4.78 is 29.3. The lowest BCUT2D eigenvalue weighted by Crippen LogP contribution is -2.49. The summed E-state index contributed by atoms with van der Waals surface area (Å²) in [5.41, 5.74) is 5.19. The zero-order valence-corrected chi connectivity index (χ0v) is 12.1. The Morgan fingerprint density at radius 2 is 1.95 bits per heavy atom.